The molecule has 8 heteroatoms. The molecule has 0 spiro atoms. The fourth-order valence-corrected chi connectivity index (χ4v) is 1.64. The lowest BCUT2D eigenvalue weighted by Gasteiger charge is -2.02. The van der Waals surface area contributed by atoms with Gasteiger partial charge in [-0.3, -0.25) is 14.2 Å². The molecule has 0 saturated heterocycles. The first-order valence-corrected chi connectivity index (χ1v) is 6.16. The summed E-state index contributed by atoms with van der Waals surface area (Å²) in [7, 11) is 0. The number of aromatic nitrogens is 4. The number of carboxylic acid groups (broad SMARTS) is 1. The minimum absolute atomic E-state index is 0.106. The fraction of sp³-hybridized carbons (Fsp3) is 0.333. The van der Waals surface area contributed by atoms with Gasteiger partial charge in [-0.2, -0.15) is 10.2 Å². The molecule has 0 aliphatic carbocycles. The standard InChI is InChI=1S/C12H15N5O3/c1-2-16-8-10(6-14-16)15-11(18)3-4-17-7-9(5-13-17)12(19)20/h5-8H,2-4H2,1H3,(H,15,18)(H,19,20). The molecular formula is C12H15N5O3. The van der Waals surface area contributed by atoms with E-state index in [9.17, 15) is 9.59 Å². The number of hydrogen-bond donors (Lipinski definition) is 2. The van der Waals surface area contributed by atoms with E-state index in [1.54, 1.807) is 17.1 Å². The Kier molecular flexibility index (Phi) is 4.14. The average molecular weight is 277 g/mol. The van der Waals surface area contributed by atoms with Gasteiger partial charge in [-0.1, -0.05) is 0 Å². The summed E-state index contributed by atoms with van der Waals surface area (Å²) in [6, 6.07) is 0. The van der Waals surface area contributed by atoms with Crippen LogP contribution in [0.1, 0.15) is 23.7 Å². The number of anilines is 1. The monoisotopic (exact) mass is 277 g/mol. The van der Waals surface area contributed by atoms with Crippen LogP contribution < -0.4 is 5.32 Å². The van der Waals surface area contributed by atoms with E-state index < -0.39 is 5.97 Å². The lowest BCUT2D eigenvalue weighted by atomic mass is 10.3. The van der Waals surface area contributed by atoms with Crippen LogP contribution in [0.25, 0.3) is 0 Å². The summed E-state index contributed by atoms with van der Waals surface area (Å²) in [5, 5.41) is 19.4. The first kappa shape index (κ1) is 13.8. The third-order valence-corrected chi connectivity index (χ3v) is 2.69. The molecule has 0 bridgehead atoms. The predicted octanol–water partition coefficient (Wildman–Crippen LogP) is 0.826. The van der Waals surface area contributed by atoms with Crippen molar-refractivity contribution in [2.45, 2.75) is 26.4 Å². The maximum atomic E-state index is 11.7. The predicted molar refractivity (Wildman–Crippen MR) is 70.3 cm³/mol. The summed E-state index contributed by atoms with van der Waals surface area (Å²) in [6.07, 6.45) is 6.18. The molecule has 1 amide bonds. The normalized spacial score (nSPS) is 10.4. The van der Waals surface area contributed by atoms with Gasteiger partial charge < -0.3 is 10.4 Å². The highest BCUT2D eigenvalue weighted by Gasteiger charge is 2.08. The van der Waals surface area contributed by atoms with Crippen LogP contribution in [0.3, 0.4) is 0 Å². The van der Waals surface area contributed by atoms with Gasteiger partial charge in [-0.15, -0.1) is 0 Å². The maximum absolute atomic E-state index is 11.7. The van der Waals surface area contributed by atoms with E-state index in [2.05, 4.69) is 15.5 Å². The molecule has 2 aromatic rings. The van der Waals surface area contributed by atoms with Gasteiger partial charge in [0, 0.05) is 31.9 Å². The molecule has 2 heterocycles. The molecule has 0 aliphatic rings. The molecule has 0 aliphatic heterocycles. The molecular weight excluding hydrogens is 262 g/mol. The Hall–Kier alpha value is -2.64. The van der Waals surface area contributed by atoms with Crippen LogP contribution in [0.15, 0.2) is 24.8 Å². The van der Waals surface area contributed by atoms with Crippen molar-refractivity contribution in [1.82, 2.24) is 19.6 Å². The van der Waals surface area contributed by atoms with Gasteiger partial charge in [0.15, 0.2) is 0 Å². The quantitative estimate of drug-likeness (QED) is 0.814. The second-order valence-electron chi connectivity index (χ2n) is 4.18. The summed E-state index contributed by atoms with van der Waals surface area (Å²) in [6.45, 7) is 3.01. The Morgan fingerprint density at radius 1 is 1.25 bits per heavy atom. The van der Waals surface area contributed by atoms with E-state index in [4.69, 9.17) is 5.11 Å². The first-order valence-electron chi connectivity index (χ1n) is 6.16. The number of amides is 1. The fourth-order valence-electron chi connectivity index (χ4n) is 1.64. The van der Waals surface area contributed by atoms with Gasteiger partial charge in [0.25, 0.3) is 0 Å². The number of hydrogen-bond acceptors (Lipinski definition) is 4. The van der Waals surface area contributed by atoms with Crippen molar-refractivity contribution < 1.29 is 14.7 Å². The average Bonchev–Trinajstić information content (AvgIpc) is 3.05. The highest BCUT2D eigenvalue weighted by Crippen LogP contribution is 2.06. The molecule has 106 valence electrons. The van der Waals surface area contributed by atoms with Crippen molar-refractivity contribution in [2.75, 3.05) is 5.32 Å². The second-order valence-corrected chi connectivity index (χ2v) is 4.18. The molecule has 2 aromatic heterocycles. The SMILES string of the molecule is CCn1cc(NC(=O)CCn2cc(C(=O)O)cn2)cn1. The number of nitrogens with one attached hydrogen (secondary N) is 1. The molecule has 20 heavy (non-hydrogen) atoms. The Labute approximate surface area is 115 Å². The number of carbonyl (C=O) groups is 2. The van der Waals surface area contributed by atoms with Crippen molar-refractivity contribution in [1.29, 1.82) is 0 Å². The highest BCUT2D eigenvalue weighted by molar-refractivity contribution is 5.90. The summed E-state index contributed by atoms with van der Waals surface area (Å²) in [4.78, 5) is 22.4. The van der Waals surface area contributed by atoms with Gasteiger partial charge in [-0.05, 0) is 6.92 Å². The lowest BCUT2D eigenvalue weighted by molar-refractivity contribution is -0.116. The molecule has 0 saturated carbocycles. The van der Waals surface area contributed by atoms with Crippen LogP contribution in [0.5, 0.6) is 0 Å². The summed E-state index contributed by atoms with van der Waals surface area (Å²) < 4.78 is 3.14. The van der Waals surface area contributed by atoms with Gasteiger partial charge in [-0.25, -0.2) is 4.79 Å². The number of carboxylic acids is 1. The van der Waals surface area contributed by atoms with Crippen LogP contribution in [0.2, 0.25) is 0 Å². The first-order chi connectivity index (χ1) is 9.58. The van der Waals surface area contributed by atoms with Crippen molar-refractivity contribution >= 4 is 17.6 Å². The molecule has 0 aromatic carbocycles. The second kappa shape index (κ2) is 6.00. The zero-order valence-corrected chi connectivity index (χ0v) is 11.0. The Bertz CT molecular complexity index is 616. The zero-order valence-electron chi connectivity index (χ0n) is 11.0. The Morgan fingerprint density at radius 2 is 2.00 bits per heavy atom. The van der Waals surface area contributed by atoms with Crippen LogP contribution in [0, 0.1) is 0 Å². The molecule has 0 unspecified atom stereocenters. The van der Waals surface area contributed by atoms with E-state index in [0.29, 0.717) is 12.2 Å². The molecule has 2 N–H and O–H groups in total. The largest absolute Gasteiger partial charge is 0.478 e. The smallest absolute Gasteiger partial charge is 0.338 e. The van der Waals surface area contributed by atoms with Gasteiger partial charge >= 0.3 is 5.97 Å². The van der Waals surface area contributed by atoms with E-state index >= 15 is 0 Å². The number of nitrogens with zero attached hydrogens (tertiary/aromatic N) is 4. The highest BCUT2D eigenvalue weighted by atomic mass is 16.4. The molecule has 2 rings (SSSR count). The van der Waals surface area contributed by atoms with Crippen molar-refractivity contribution in [3.63, 3.8) is 0 Å². The Balaban J connectivity index is 1.83. The molecule has 8 nitrogen and oxygen atoms in total. The van der Waals surface area contributed by atoms with Crippen LogP contribution >= 0.6 is 0 Å². The third-order valence-electron chi connectivity index (χ3n) is 2.69. The lowest BCUT2D eigenvalue weighted by Crippen LogP contribution is -2.14. The number of aromatic carboxylic acids is 1. The topological polar surface area (TPSA) is 102 Å². The van der Waals surface area contributed by atoms with Crippen LogP contribution in [-0.4, -0.2) is 36.5 Å². The summed E-state index contributed by atoms with van der Waals surface area (Å²) in [5.74, 6) is -1.21. The number of rotatable bonds is 6. The summed E-state index contributed by atoms with van der Waals surface area (Å²) >= 11 is 0. The van der Waals surface area contributed by atoms with Gasteiger partial charge in [0.2, 0.25) is 5.91 Å². The van der Waals surface area contributed by atoms with Crippen LogP contribution in [0.4, 0.5) is 5.69 Å². The molecule has 0 radical (unpaired) electrons. The van der Waals surface area contributed by atoms with Gasteiger partial charge in [0.05, 0.1) is 23.6 Å². The third kappa shape index (κ3) is 3.44. The van der Waals surface area contributed by atoms with E-state index in [1.165, 1.54) is 17.1 Å². The maximum Gasteiger partial charge on any atom is 0.338 e. The number of aryl methyl sites for hydroxylation is 2. The van der Waals surface area contributed by atoms with Gasteiger partial charge in [0.1, 0.15) is 0 Å². The summed E-state index contributed by atoms with van der Waals surface area (Å²) in [5.41, 5.74) is 0.748. The Morgan fingerprint density at radius 3 is 2.60 bits per heavy atom. The molecule has 0 fully saturated rings. The van der Waals surface area contributed by atoms with Crippen LogP contribution in [-0.2, 0) is 17.9 Å². The minimum atomic E-state index is -1.03. The van der Waals surface area contributed by atoms with E-state index in [-0.39, 0.29) is 17.9 Å². The van der Waals surface area contributed by atoms with Crippen molar-refractivity contribution in [3.8, 4) is 0 Å². The van der Waals surface area contributed by atoms with Crippen molar-refractivity contribution in [2.24, 2.45) is 0 Å². The van der Waals surface area contributed by atoms with E-state index in [1.807, 2.05) is 6.92 Å². The number of carbonyl (C=O) groups excluding carboxylic acids is 1. The zero-order chi connectivity index (χ0) is 14.5. The minimum Gasteiger partial charge on any atom is -0.478 e. The van der Waals surface area contributed by atoms with Crippen molar-refractivity contribution in [3.05, 3.63) is 30.4 Å². The van der Waals surface area contributed by atoms with E-state index in [0.717, 1.165) is 6.54 Å². The molecule has 0 atom stereocenters.